The van der Waals surface area contributed by atoms with E-state index in [1.54, 1.807) is 6.20 Å². The van der Waals surface area contributed by atoms with E-state index in [0.717, 1.165) is 32.0 Å². The van der Waals surface area contributed by atoms with Gasteiger partial charge < -0.3 is 10.1 Å². The fourth-order valence-corrected chi connectivity index (χ4v) is 2.41. The summed E-state index contributed by atoms with van der Waals surface area (Å²) in [6.07, 6.45) is 1.78. The number of nitrogens with one attached hydrogen (secondary N) is 1. The number of fused-ring (bicyclic) bond motifs is 3. The minimum absolute atomic E-state index is 0.0302. The third-order valence-electron chi connectivity index (χ3n) is 2.82. The van der Waals surface area contributed by atoms with Crippen molar-refractivity contribution in [2.45, 2.75) is 6.42 Å². The van der Waals surface area contributed by atoms with Gasteiger partial charge in [0.1, 0.15) is 0 Å². The summed E-state index contributed by atoms with van der Waals surface area (Å²) in [6.45, 7) is 0. The van der Waals surface area contributed by atoms with E-state index in [2.05, 4.69) is 25.9 Å². The van der Waals surface area contributed by atoms with E-state index >= 15 is 0 Å². The molecule has 0 bridgehead atoms. The van der Waals surface area contributed by atoms with Crippen LogP contribution in [0.1, 0.15) is 5.56 Å². The molecule has 0 spiro atoms. The van der Waals surface area contributed by atoms with Gasteiger partial charge in [-0.25, -0.2) is 0 Å². The Bertz CT molecular complexity index is 764. The van der Waals surface area contributed by atoms with Crippen molar-refractivity contribution in [3.63, 3.8) is 0 Å². The second kappa shape index (κ2) is 4.10. The lowest BCUT2D eigenvalue weighted by atomic mass is 10.1. The summed E-state index contributed by atoms with van der Waals surface area (Å²) in [5, 5.41) is 9.79. The molecule has 0 fully saturated rings. The van der Waals surface area contributed by atoms with Crippen molar-refractivity contribution >= 4 is 43.8 Å². The third kappa shape index (κ3) is 1.86. The van der Waals surface area contributed by atoms with Gasteiger partial charge in [-0.2, -0.15) is 0 Å². The van der Waals surface area contributed by atoms with E-state index < -0.39 is 5.97 Å². The van der Waals surface area contributed by atoms with Crippen molar-refractivity contribution in [2.75, 3.05) is 0 Å². The average molecular weight is 305 g/mol. The summed E-state index contributed by atoms with van der Waals surface area (Å²) in [4.78, 5) is 18.3. The molecule has 0 radical (unpaired) electrons. The highest BCUT2D eigenvalue weighted by molar-refractivity contribution is 9.10. The fraction of sp³-hybridized carbons (Fsp3) is 0.0769. The second-order valence-corrected chi connectivity index (χ2v) is 5.04. The van der Waals surface area contributed by atoms with Gasteiger partial charge in [0.2, 0.25) is 0 Å². The molecule has 1 aromatic carbocycles. The maximum atomic E-state index is 10.7. The molecule has 0 unspecified atom stereocenters. The Morgan fingerprint density at radius 3 is 2.94 bits per heavy atom. The summed E-state index contributed by atoms with van der Waals surface area (Å²) >= 11 is 3.38. The Labute approximate surface area is 111 Å². The largest absolute Gasteiger partial charge is 0.481 e. The van der Waals surface area contributed by atoms with Gasteiger partial charge in [0.15, 0.2) is 0 Å². The van der Waals surface area contributed by atoms with Crippen LogP contribution in [0.25, 0.3) is 21.9 Å². The van der Waals surface area contributed by atoms with E-state index in [1.165, 1.54) is 0 Å². The van der Waals surface area contributed by atoms with Crippen LogP contribution in [-0.4, -0.2) is 21.0 Å². The van der Waals surface area contributed by atoms with E-state index in [-0.39, 0.29) is 6.42 Å². The number of aliphatic carboxylic acids is 1. The summed E-state index contributed by atoms with van der Waals surface area (Å²) in [6, 6.07) is 7.55. The van der Waals surface area contributed by atoms with Gasteiger partial charge in [0.25, 0.3) is 0 Å². The van der Waals surface area contributed by atoms with E-state index in [4.69, 9.17) is 5.11 Å². The molecule has 18 heavy (non-hydrogen) atoms. The van der Waals surface area contributed by atoms with Crippen LogP contribution in [0, 0.1) is 0 Å². The monoisotopic (exact) mass is 304 g/mol. The van der Waals surface area contributed by atoms with Crippen molar-refractivity contribution in [1.82, 2.24) is 9.97 Å². The molecule has 0 atom stereocenters. The first-order valence-electron chi connectivity index (χ1n) is 5.41. The molecule has 0 amide bonds. The average Bonchev–Trinajstić information content (AvgIpc) is 2.64. The third-order valence-corrected chi connectivity index (χ3v) is 3.25. The molecule has 3 rings (SSSR count). The number of hydrogen-bond donors (Lipinski definition) is 2. The van der Waals surface area contributed by atoms with Gasteiger partial charge in [-0.3, -0.25) is 9.78 Å². The predicted octanol–water partition coefficient (Wildman–Crippen LogP) is 3.11. The molecule has 90 valence electrons. The number of pyridine rings is 1. The number of halogens is 1. The highest BCUT2D eigenvalue weighted by atomic mass is 79.9. The van der Waals surface area contributed by atoms with E-state index in [9.17, 15) is 4.79 Å². The first kappa shape index (κ1) is 11.2. The minimum Gasteiger partial charge on any atom is -0.481 e. The van der Waals surface area contributed by atoms with Crippen LogP contribution in [0.2, 0.25) is 0 Å². The first-order chi connectivity index (χ1) is 8.63. The molecule has 0 aliphatic carbocycles. The number of rotatable bonds is 2. The molecule has 2 heterocycles. The molecule has 2 aromatic heterocycles. The van der Waals surface area contributed by atoms with Gasteiger partial charge in [0.05, 0.1) is 17.5 Å². The van der Waals surface area contributed by atoms with Crippen molar-refractivity contribution in [2.24, 2.45) is 0 Å². The zero-order chi connectivity index (χ0) is 12.7. The number of carboxylic acid groups (broad SMARTS) is 1. The van der Waals surface area contributed by atoms with Crippen LogP contribution < -0.4 is 0 Å². The molecular weight excluding hydrogens is 296 g/mol. The number of aromatic amines is 1. The topological polar surface area (TPSA) is 66.0 Å². The Kier molecular flexibility index (Phi) is 2.56. The number of carbonyl (C=O) groups is 1. The fourth-order valence-electron chi connectivity index (χ4n) is 2.08. The summed E-state index contributed by atoms with van der Waals surface area (Å²) < 4.78 is 0.910. The van der Waals surface area contributed by atoms with Crippen molar-refractivity contribution in [3.8, 4) is 0 Å². The maximum absolute atomic E-state index is 10.7. The van der Waals surface area contributed by atoms with Crippen LogP contribution >= 0.6 is 15.9 Å². The van der Waals surface area contributed by atoms with Gasteiger partial charge in [-0.1, -0.05) is 12.1 Å². The molecule has 2 N–H and O–H groups in total. The van der Waals surface area contributed by atoms with Crippen LogP contribution in [0.3, 0.4) is 0 Å². The minimum atomic E-state index is -0.827. The smallest absolute Gasteiger partial charge is 0.307 e. The van der Waals surface area contributed by atoms with Crippen molar-refractivity contribution < 1.29 is 9.90 Å². The SMILES string of the molecule is O=C(O)Cc1ccc2c(c1)[nH]c1cc(Br)cnc12. The highest BCUT2D eigenvalue weighted by Gasteiger charge is 2.08. The number of aromatic nitrogens is 2. The van der Waals surface area contributed by atoms with Crippen LogP contribution in [0.5, 0.6) is 0 Å². The quantitative estimate of drug-likeness (QED) is 0.764. The standard InChI is InChI=1S/C13H9BrN2O2/c14-8-5-11-13(15-6-8)9-2-1-7(4-12(17)18)3-10(9)16-11/h1-3,5-6,16H,4H2,(H,17,18). The van der Waals surface area contributed by atoms with E-state index in [0.29, 0.717) is 0 Å². The van der Waals surface area contributed by atoms with Crippen molar-refractivity contribution in [3.05, 3.63) is 40.5 Å². The zero-order valence-electron chi connectivity index (χ0n) is 9.27. The summed E-state index contributed by atoms with van der Waals surface area (Å²) in [5.74, 6) is -0.827. The first-order valence-corrected chi connectivity index (χ1v) is 6.20. The van der Waals surface area contributed by atoms with Crippen LogP contribution in [0.15, 0.2) is 34.9 Å². The molecular formula is C13H9BrN2O2. The van der Waals surface area contributed by atoms with E-state index in [1.807, 2.05) is 24.3 Å². The number of hydrogen-bond acceptors (Lipinski definition) is 2. The number of nitrogens with zero attached hydrogens (tertiary/aromatic N) is 1. The maximum Gasteiger partial charge on any atom is 0.307 e. The second-order valence-electron chi connectivity index (χ2n) is 4.13. The molecule has 0 saturated carbocycles. The highest BCUT2D eigenvalue weighted by Crippen LogP contribution is 2.26. The number of carboxylic acids is 1. The number of benzene rings is 1. The predicted molar refractivity (Wildman–Crippen MR) is 72.6 cm³/mol. The normalized spacial score (nSPS) is 11.2. The lowest BCUT2D eigenvalue weighted by Gasteiger charge is -1.96. The van der Waals surface area contributed by atoms with Gasteiger partial charge in [-0.05, 0) is 33.6 Å². The summed E-state index contributed by atoms with van der Waals surface area (Å²) in [7, 11) is 0. The molecule has 0 saturated heterocycles. The molecule has 5 heteroatoms. The van der Waals surface area contributed by atoms with Gasteiger partial charge in [-0.15, -0.1) is 0 Å². The lowest BCUT2D eigenvalue weighted by Crippen LogP contribution is -1.99. The Morgan fingerprint density at radius 1 is 1.33 bits per heavy atom. The van der Waals surface area contributed by atoms with Crippen molar-refractivity contribution in [1.29, 1.82) is 0 Å². The molecule has 0 aliphatic rings. The Hall–Kier alpha value is -1.88. The van der Waals surface area contributed by atoms with Gasteiger partial charge in [0, 0.05) is 21.6 Å². The Balaban J connectivity index is 2.22. The number of H-pyrrole nitrogens is 1. The lowest BCUT2D eigenvalue weighted by molar-refractivity contribution is -0.136. The van der Waals surface area contributed by atoms with Crippen LogP contribution in [0.4, 0.5) is 0 Å². The molecule has 0 aliphatic heterocycles. The Morgan fingerprint density at radius 2 is 2.17 bits per heavy atom. The van der Waals surface area contributed by atoms with Gasteiger partial charge >= 0.3 is 5.97 Å². The molecule has 3 aromatic rings. The van der Waals surface area contributed by atoms with Crippen LogP contribution in [-0.2, 0) is 11.2 Å². The summed E-state index contributed by atoms with van der Waals surface area (Å²) in [5.41, 5.74) is 3.52. The zero-order valence-corrected chi connectivity index (χ0v) is 10.9. The molecule has 4 nitrogen and oxygen atoms in total.